The molecule has 0 aliphatic rings. The number of nitrogens with one attached hydrogen (secondary N) is 2. The molecule has 0 aliphatic heterocycles. The fourth-order valence-corrected chi connectivity index (χ4v) is 3.11. The standard InChI is InChI=1S/C21H22N4O4/c1-5-8-14-11-15(12-16(28-3)19(14)29-4)20(26)23-24-21(27)18-13(2)22-17-9-6-7-10-25(17)18/h5-7,9-12H,1,8H2,2-4H3,(H,23,26)(H,24,27). The maximum Gasteiger partial charge on any atom is 0.288 e. The fourth-order valence-electron chi connectivity index (χ4n) is 3.11. The lowest BCUT2D eigenvalue weighted by Crippen LogP contribution is -2.42. The van der Waals surface area contributed by atoms with Crippen molar-refractivity contribution in [3.63, 3.8) is 0 Å². The van der Waals surface area contributed by atoms with Crippen molar-refractivity contribution in [2.75, 3.05) is 14.2 Å². The Bertz CT molecular complexity index is 1090. The average molecular weight is 394 g/mol. The number of allylic oxidation sites excluding steroid dienone is 1. The van der Waals surface area contributed by atoms with Gasteiger partial charge in [-0.1, -0.05) is 12.1 Å². The number of pyridine rings is 1. The number of fused-ring (bicyclic) bond motifs is 1. The van der Waals surface area contributed by atoms with Gasteiger partial charge in [0.05, 0.1) is 19.9 Å². The number of imidazole rings is 1. The van der Waals surface area contributed by atoms with E-state index in [2.05, 4.69) is 22.4 Å². The molecule has 29 heavy (non-hydrogen) atoms. The molecular weight excluding hydrogens is 372 g/mol. The average Bonchev–Trinajstić information content (AvgIpc) is 3.07. The van der Waals surface area contributed by atoms with Crippen LogP contribution in [-0.4, -0.2) is 35.4 Å². The fraction of sp³-hybridized carbons (Fsp3) is 0.190. The summed E-state index contributed by atoms with van der Waals surface area (Å²) < 4.78 is 12.4. The second kappa shape index (κ2) is 8.47. The zero-order valence-corrected chi connectivity index (χ0v) is 16.5. The van der Waals surface area contributed by atoms with Crippen LogP contribution in [0.4, 0.5) is 0 Å². The number of aryl methyl sites for hydroxylation is 1. The predicted octanol–water partition coefficient (Wildman–Crippen LogP) is 2.46. The van der Waals surface area contributed by atoms with Gasteiger partial charge < -0.3 is 9.47 Å². The third-order valence-electron chi connectivity index (χ3n) is 4.39. The molecular formula is C21H22N4O4. The summed E-state index contributed by atoms with van der Waals surface area (Å²) in [6.45, 7) is 5.46. The third-order valence-corrected chi connectivity index (χ3v) is 4.39. The highest BCUT2D eigenvalue weighted by molar-refractivity contribution is 5.99. The van der Waals surface area contributed by atoms with Gasteiger partial charge in [0.2, 0.25) is 0 Å². The van der Waals surface area contributed by atoms with Crippen molar-refractivity contribution in [3.8, 4) is 11.5 Å². The monoisotopic (exact) mass is 394 g/mol. The Morgan fingerprint density at radius 1 is 1.17 bits per heavy atom. The van der Waals surface area contributed by atoms with Gasteiger partial charge in [-0.05, 0) is 37.6 Å². The van der Waals surface area contributed by atoms with Gasteiger partial charge in [-0.3, -0.25) is 24.8 Å². The highest BCUT2D eigenvalue weighted by Crippen LogP contribution is 2.33. The molecule has 0 atom stereocenters. The van der Waals surface area contributed by atoms with E-state index in [4.69, 9.17) is 9.47 Å². The van der Waals surface area contributed by atoms with Gasteiger partial charge in [0, 0.05) is 17.3 Å². The van der Waals surface area contributed by atoms with Crippen LogP contribution < -0.4 is 20.3 Å². The maximum atomic E-state index is 12.6. The molecule has 0 unspecified atom stereocenters. The number of methoxy groups -OCH3 is 2. The minimum atomic E-state index is -0.490. The quantitative estimate of drug-likeness (QED) is 0.495. The van der Waals surface area contributed by atoms with Crippen LogP contribution in [0.2, 0.25) is 0 Å². The lowest BCUT2D eigenvalue weighted by Gasteiger charge is -2.14. The number of hydrazine groups is 1. The Morgan fingerprint density at radius 3 is 2.62 bits per heavy atom. The molecule has 2 amide bonds. The van der Waals surface area contributed by atoms with E-state index >= 15 is 0 Å². The van der Waals surface area contributed by atoms with E-state index in [9.17, 15) is 9.59 Å². The van der Waals surface area contributed by atoms with Crippen molar-refractivity contribution >= 4 is 17.5 Å². The Kier molecular flexibility index (Phi) is 5.82. The molecule has 2 N–H and O–H groups in total. The van der Waals surface area contributed by atoms with Crippen molar-refractivity contribution in [2.45, 2.75) is 13.3 Å². The van der Waals surface area contributed by atoms with Crippen LogP contribution in [-0.2, 0) is 6.42 Å². The van der Waals surface area contributed by atoms with Crippen molar-refractivity contribution < 1.29 is 19.1 Å². The van der Waals surface area contributed by atoms with E-state index in [1.165, 1.54) is 14.2 Å². The molecule has 8 nitrogen and oxygen atoms in total. The molecule has 0 saturated heterocycles. The van der Waals surface area contributed by atoms with Crippen molar-refractivity contribution in [2.24, 2.45) is 0 Å². The third kappa shape index (κ3) is 3.91. The first-order valence-electron chi connectivity index (χ1n) is 8.90. The Hall–Kier alpha value is -3.81. The molecule has 2 heterocycles. The van der Waals surface area contributed by atoms with Gasteiger partial charge >= 0.3 is 0 Å². The molecule has 3 rings (SSSR count). The molecule has 2 aromatic heterocycles. The van der Waals surface area contributed by atoms with Crippen LogP contribution >= 0.6 is 0 Å². The van der Waals surface area contributed by atoms with Crippen LogP contribution in [0.15, 0.2) is 49.2 Å². The Balaban J connectivity index is 1.81. The molecule has 0 fully saturated rings. The highest BCUT2D eigenvalue weighted by Gasteiger charge is 2.19. The number of carbonyl (C=O) groups is 2. The van der Waals surface area contributed by atoms with Gasteiger partial charge in [0.15, 0.2) is 11.5 Å². The summed E-state index contributed by atoms with van der Waals surface area (Å²) in [6, 6.07) is 8.65. The lowest BCUT2D eigenvalue weighted by atomic mass is 10.1. The number of hydrogen-bond donors (Lipinski definition) is 2. The smallest absolute Gasteiger partial charge is 0.288 e. The molecule has 0 radical (unpaired) electrons. The van der Waals surface area contributed by atoms with E-state index in [-0.39, 0.29) is 0 Å². The second-order valence-corrected chi connectivity index (χ2v) is 6.25. The van der Waals surface area contributed by atoms with Gasteiger partial charge in [-0.2, -0.15) is 0 Å². The van der Waals surface area contributed by atoms with Gasteiger partial charge in [-0.15, -0.1) is 6.58 Å². The summed E-state index contributed by atoms with van der Waals surface area (Å²) in [5.41, 5.74) is 7.49. The van der Waals surface area contributed by atoms with Gasteiger partial charge in [0.25, 0.3) is 11.8 Å². The topological polar surface area (TPSA) is 94.0 Å². The largest absolute Gasteiger partial charge is 0.493 e. The van der Waals surface area contributed by atoms with Crippen LogP contribution in [0, 0.1) is 6.92 Å². The van der Waals surface area contributed by atoms with E-state index < -0.39 is 11.8 Å². The molecule has 0 aliphatic carbocycles. The SMILES string of the molecule is C=CCc1cc(C(=O)NNC(=O)c2c(C)nc3ccccn23)cc(OC)c1OC. The number of benzene rings is 1. The molecule has 150 valence electrons. The molecule has 0 bridgehead atoms. The molecule has 0 saturated carbocycles. The molecule has 0 spiro atoms. The molecule has 3 aromatic rings. The summed E-state index contributed by atoms with van der Waals surface area (Å²) >= 11 is 0. The number of nitrogens with zero attached hydrogens (tertiary/aromatic N) is 2. The summed E-state index contributed by atoms with van der Waals surface area (Å²) in [6.07, 6.45) is 3.93. The first-order valence-corrected chi connectivity index (χ1v) is 8.90. The number of hydrogen-bond acceptors (Lipinski definition) is 5. The van der Waals surface area contributed by atoms with Crippen LogP contribution in [0.3, 0.4) is 0 Å². The zero-order valence-electron chi connectivity index (χ0n) is 16.5. The van der Waals surface area contributed by atoms with E-state index in [1.54, 1.807) is 47.9 Å². The Labute approximate surface area is 168 Å². The second-order valence-electron chi connectivity index (χ2n) is 6.25. The first kappa shape index (κ1) is 19.9. The van der Waals surface area contributed by atoms with Crippen LogP contribution in [0.1, 0.15) is 32.1 Å². The normalized spacial score (nSPS) is 10.4. The molecule has 8 heteroatoms. The first-order chi connectivity index (χ1) is 14.0. The zero-order chi connectivity index (χ0) is 21.0. The number of rotatable bonds is 6. The summed E-state index contributed by atoms with van der Waals surface area (Å²) in [5, 5.41) is 0. The summed E-state index contributed by atoms with van der Waals surface area (Å²) in [4.78, 5) is 29.6. The van der Waals surface area contributed by atoms with Crippen LogP contribution in [0.5, 0.6) is 11.5 Å². The minimum Gasteiger partial charge on any atom is -0.493 e. The van der Waals surface area contributed by atoms with Crippen molar-refractivity contribution in [1.82, 2.24) is 20.2 Å². The van der Waals surface area contributed by atoms with E-state index in [1.807, 2.05) is 6.07 Å². The summed E-state index contributed by atoms with van der Waals surface area (Å²) in [7, 11) is 3.02. The number of ether oxygens (including phenoxy) is 2. The van der Waals surface area contributed by atoms with Crippen molar-refractivity contribution in [3.05, 3.63) is 71.7 Å². The minimum absolute atomic E-state index is 0.315. The number of amides is 2. The van der Waals surface area contributed by atoms with Crippen LogP contribution in [0.25, 0.3) is 5.65 Å². The Morgan fingerprint density at radius 2 is 1.93 bits per heavy atom. The lowest BCUT2D eigenvalue weighted by molar-refractivity contribution is 0.0842. The highest BCUT2D eigenvalue weighted by atomic mass is 16.5. The predicted molar refractivity (Wildman–Crippen MR) is 108 cm³/mol. The number of carbonyl (C=O) groups excluding carboxylic acids is 2. The summed E-state index contributed by atoms with van der Waals surface area (Å²) in [5.74, 6) is -0.00674. The van der Waals surface area contributed by atoms with E-state index in [0.717, 1.165) is 5.56 Å². The maximum absolute atomic E-state index is 12.6. The number of aromatic nitrogens is 2. The molecule has 1 aromatic carbocycles. The van der Waals surface area contributed by atoms with Gasteiger partial charge in [-0.25, -0.2) is 4.98 Å². The van der Waals surface area contributed by atoms with Gasteiger partial charge in [0.1, 0.15) is 11.3 Å². The van der Waals surface area contributed by atoms with Crippen molar-refractivity contribution in [1.29, 1.82) is 0 Å². The van der Waals surface area contributed by atoms with E-state index in [0.29, 0.717) is 40.5 Å².